The fourth-order valence-electron chi connectivity index (χ4n) is 3.56. The zero-order chi connectivity index (χ0) is 18.4. The molecular weight excluding hydrogens is 326 g/mol. The van der Waals surface area contributed by atoms with Crippen LogP contribution < -0.4 is 5.73 Å². The normalized spacial score (nSPS) is 14.0. The molecular formula is C21H29N3S. The summed E-state index contributed by atoms with van der Waals surface area (Å²) in [7, 11) is 0. The van der Waals surface area contributed by atoms with Gasteiger partial charge in [-0.1, -0.05) is 48.6 Å². The van der Waals surface area contributed by atoms with Crippen LogP contribution >= 0.6 is 12.2 Å². The minimum absolute atomic E-state index is 0.462. The molecule has 0 aliphatic rings. The van der Waals surface area contributed by atoms with E-state index >= 15 is 0 Å². The lowest BCUT2D eigenvalue weighted by atomic mass is 9.74. The van der Waals surface area contributed by atoms with Crippen LogP contribution in [0.15, 0.2) is 54.7 Å². The summed E-state index contributed by atoms with van der Waals surface area (Å²) in [6, 6.07) is 17.2. The summed E-state index contributed by atoms with van der Waals surface area (Å²) < 4.78 is 0. The molecule has 1 atom stereocenters. The third-order valence-corrected chi connectivity index (χ3v) is 5.21. The quantitative estimate of drug-likeness (QED) is 0.722. The predicted octanol–water partition coefficient (Wildman–Crippen LogP) is 4.16. The number of hydrogen-bond donors (Lipinski definition) is 1. The Balaban J connectivity index is 2.50. The smallest absolute Gasteiger partial charge is 0.0896 e. The van der Waals surface area contributed by atoms with Crippen LogP contribution in [0.5, 0.6) is 0 Å². The first kappa shape index (κ1) is 19.5. The van der Waals surface area contributed by atoms with E-state index < -0.39 is 5.41 Å². The zero-order valence-electron chi connectivity index (χ0n) is 15.6. The van der Waals surface area contributed by atoms with Crippen LogP contribution in [0, 0.1) is 0 Å². The highest BCUT2D eigenvalue weighted by atomic mass is 32.1. The van der Waals surface area contributed by atoms with E-state index in [4.69, 9.17) is 18.0 Å². The Morgan fingerprint density at radius 2 is 1.64 bits per heavy atom. The number of aromatic nitrogens is 1. The molecule has 2 aromatic rings. The van der Waals surface area contributed by atoms with E-state index in [-0.39, 0.29) is 0 Å². The Bertz CT molecular complexity index is 621. The van der Waals surface area contributed by atoms with Crippen molar-refractivity contribution in [3.8, 4) is 0 Å². The summed E-state index contributed by atoms with van der Waals surface area (Å²) >= 11 is 5.60. The molecule has 0 aliphatic carbocycles. The first-order valence-electron chi connectivity index (χ1n) is 8.92. The second-order valence-electron chi connectivity index (χ2n) is 7.03. The van der Waals surface area contributed by atoms with Gasteiger partial charge in [-0.05, 0) is 51.8 Å². The van der Waals surface area contributed by atoms with E-state index in [9.17, 15) is 0 Å². The fourth-order valence-corrected chi connectivity index (χ4v) is 3.88. The van der Waals surface area contributed by atoms with Crippen molar-refractivity contribution in [3.05, 3.63) is 66.0 Å². The largest absolute Gasteiger partial charge is 0.392 e. The monoisotopic (exact) mass is 355 g/mol. The van der Waals surface area contributed by atoms with Gasteiger partial charge < -0.3 is 5.73 Å². The van der Waals surface area contributed by atoms with Crippen molar-refractivity contribution in [3.63, 3.8) is 0 Å². The summed E-state index contributed by atoms with van der Waals surface area (Å²) in [5.74, 6) is 0. The summed E-state index contributed by atoms with van der Waals surface area (Å²) in [6.45, 7) is 9.81. The number of hydrogen-bond acceptors (Lipinski definition) is 3. The van der Waals surface area contributed by atoms with Gasteiger partial charge in [0, 0.05) is 24.8 Å². The Hall–Kier alpha value is -1.78. The van der Waals surface area contributed by atoms with Crippen LogP contribution in [0.25, 0.3) is 0 Å². The molecule has 0 spiro atoms. The maximum atomic E-state index is 6.35. The Morgan fingerprint density at radius 3 is 2.12 bits per heavy atom. The lowest BCUT2D eigenvalue weighted by Gasteiger charge is -2.37. The second kappa shape index (κ2) is 8.54. The SMILES string of the molecule is CC(C)N(CCC(C(N)=S)(c1ccccc1)c1ccccn1)C(C)C. The van der Waals surface area contributed by atoms with Crippen LogP contribution in [-0.2, 0) is 5.41 Å². The molecule has 1 unspecified atom stereocenters. The van der Waals surface area contributed by atoms with E-state index in [0.717, 1.165) is 24.2 Å². The summed E-state index contributed by atoms with van der Waals surface area (Å²) in [6.07, 6.45) is 2.62. The van der Waals surface area contributed by atoms with E-state index in [0.29, 0.717) is 17.1 Å². The maximum absolute atomic E-state index is 6.35. The topological polar surface area (TPSA) is 42.1 Å². The number of thiocarbonyl (C=S) groups is 1. The zero-order valence-corrected chi connectivity index (χ0v) is 16.5. The molecule has 0 aliphatic heterocycles. The molecule has 1 aromatic heterocycles. The molecule has 2 N–H and O–H groups in total. The molecule has 25 heavy (non-hydrogen) atoms. The first-order chi connectivity index (χ1) is 11.9. The van der Waals surface area contributed by atoms with E-state index in [1.165, 1.54) is 0 Å². The molecule has 0 fully saturated rings. The van der Waals surface area contributed by atoms with E-state index in [1.54, 1.807) is 0 Å². The lowest BCUT2D eigenvalue weighted by molar-refractivity contribution is 0.167. The van der Waals surface area contributed by atoms with Gasteiger partial charge in [-0.25, -0.2) is 0 Å². The van der Waals surface area contributed by atoms with Gasteiger partial charge >= 0.3 is 0 Å². The van der Waals surface area contributed by atoms with Crippen LogP contribution in [0.1, 0.15) is 45.4 Å². The number of rotatable bonds is 8. The molecule has 0 bridgehead atoms. The van der Waals surface area contributed by atoms with E-state index in [1.807, 2.05) is 42.6 Å². The van der Waals surface area contributed by atoms with Crippen LogP contribution in [-0.4, -0.2) is 33.5 Å². The average Bonchev–Trinajstić information content (AvgIpc) is 2.59. The molecule has 134 valence electrons. The molecule has 0 saturated heterocycles. The van der Waals surface area contributed by atoms with E-state index in [2.05, 4.69) is 49.7 Å². The van der Waals surface area contributed by atoms with Crippen molar-refractivity contribution >= 4 is 17.2 Å². The van der Waals surface area contributed by atoms with Crippen molar-refractivity contribution < 1.29 is 0 Å². The molecule has 4 heteroatoms. The van der Waals surface area contributed by atoms with Gasteiger partial charge in [0.05, 0.1) is 16.1 Å². The standard InChI is InChI=1S/C21H29N3S/c1-16(2)24(17(3)4)15-13-21(20(22)25,18-10-6-5-7-11-18)19-12-8-9-14-23-19/h5-12,14,16-17H,13,15H2,1-4H3,(H2,22,25). The van der Waals surface area contributed by atoms with Gasteiger partial charge in [0.1, 0.15) is 0 Å². The predicted molar refractivity (Wildman–Crippen MR) is 110 cm³/mol. The molecule has 2 rings (SSSR count). The summed E-state index contributed by atoms with van der Waals surface area (Å²) in [4.78, 5) is 7.58. The number of benzene rings is 1. The summed E-state index contributed by atoms with van der Waals surface area (Å²) in [5, 5.41) is 0. The van der Waals surface area contributed by atoms with Crippen molar-refractivity contribution in [1.29, 1.82) is 0 Å². The van der Waals surface area contributed by atoms with Crippen LogP contribution in [0.4, 0.5) is 0 Å². The molecule has 3 nitrogen and oxygen atoms in total. The lowest BCUT2D eigenvalue weighted by Crippen LogP contribution is -2.46. The molecule has 1 heterocycles. The minimum Gasteiger partial charge on any atom is -0.392 e. The Kier molecular flexibility index (Phi) is 6.68. The van der Waals surface area contributed by atoms with Gasteiger partial charge in [-0.3, -0.25) is 9.88 Å². The third kappa shape index (κ3) is 4.25. The Labute approximate surface area is 157 Å². The number of nitrogens with zero attached hydrogens (tertiary/aromatic N) is 2. The van der Waals surface area contributed by atoms with Crippen LogP contribution in [0.2, 0.25) is 0 Å². The van der Waals surface area contributed by atoms with Crippen molar-refractivity contribution in [2.24, 2.45) is 5.73 Å². The average molecular weight is 356 g/mol. The summed E-state index contributed by atoms with van der Waals surface area (Å²) in [5.41, 5.74) is 7.81. The molecule has 0 saturated carbocycles. The third-order valence-electron chi connectivity index (χ3n) is 4.86. The molecule has 0 amide bonds. The highest BCUT2D eigenvalue weighted by molar-refractivity contribution is 7.80. The Morgan fingerprint density at radius 1 is 1.04 bits per heavy atom. The second-order valence-corrected chi connectivity index (χ2v) is 7.47. The van der Waals surface area contributed by atoms with Gasteiger partial charge in [-0.2, -0.15) is 0 Å². The first-order valence-corrected chi connectivity index (χ1v) is 9.33. The number of pyridine rings is 1. The molecule has 1 aromatic carbocycles. The van der Waals surface area contributed by atoms with Gasteiger partial charge in [0.15, 0.2) is 0 Å². The highest BCUT2D eigenvalue weighted by Crippen LogP contribution is 2.35. The van der Waals surface area contributed by atoms with Crippen LogP contribution in [0.3, 0.4) is 0 Å². The van der Waals surface area contributed by atoms with Crippen molar-refractivity contribution in [2.75, 3.05) is 6.54 Å². The molecule has 0 radical (unpaired) electrons. The van der Waals surface area contributed by atoms with Gasteiger partial charge in [0.25, 0.3) is 0 Å². The number of nitrogens with two attached hydrogens (primary N) is 1. The minimum atomic E-state index is -0.556. The fraction of sp³-hybridized carbons (Fsp3) is 0.429. The maximum Gasteiger partial charge on any atom is 0.0896 e. The van der Waals surface area contributed by atoms with Gasteiger partial charge in [0.2, 0.25) is 0 Å². The highest BCUT2D eigenvalue weighted by Gasteiger charge is 2.39. The van der Waals surface area contributed by atoms with Crippen molar-refractivity contribution in [1.82, 2.24) is 9.88 Å². The van der Waals surface area contributed by atoms with Gasteiger partial charge in [-0.15, -0.1) is 0 Å². The van der Waals surface area contributed by atoms with Crippen molar-refractivity contribution in [2.45, 2.75) is 51.6 Å².